The molecule has 0 heterocycles. The van der Waals surface area contributed by atoms with Gasteiger partial charge in [-0.1, -0.05) is 29.7 Å². The molecule has 1 fully saturated rings. The van der Waals surface area contributed by atoms with Crippen LogP contribution in [0.2, 0.25) is 0 Å². The first-order valence-electron chi connectivity index (χ1n) is 7.18. The molecule has 0 unspecified atom stereocenters. The highest BCUT2D eigenvalue weighted by molar-refractivity contribution is 5.03. The van der Waals surface area contributed by atoms with Gasteiger partial charge in [0, 0.05) is 25.1 Å². The number of hydrogen-bond acceptors (Lipinski definition) is 2. The molecule has 1 saturated carbocycles. The smallest absolute Gasteiger partial charge is 0.0499 e. The van der Waals surface area contributed by atoms with Crippen molar-refractivity contribution in [3.63, 3.8) is 0 Å². The Morgan fingerprint density at radius 3 is 2.44 bits per heavy atom. The molecule has 2 heteroatoms. The lowest BCUT2D eigenvalue weighted by Crippen LogP contribution is -2.42. The number of aliphatic hydroxyl groups is 1. The Hall–Kier alpha value is -0.600. The van der Waals surface area contributed by atoms with Crippen LogP contribution in [0.15, 0.2) is 23.3 Å². The quantitative estimate of drug-likeness (QED) is 0.512. The zero-order chi connectivity index (χ0) is 13.4. The highest BCUT2D eigenvalue weighted by atomic mass is 16.3. The van der Waals surface area contributed by atoms with E-state index in [-0.39, 0.29) is 5.41 Å². The van der Waals surface area contributed by atoms with Crippen molar-refractivity contribution in [1.82, 2.24) is 5.32 Å². The number of aliphatic hydroxyl groups excluding tert-OH is 1. The average Bonchev–Trinajstić information content (AvgIpc) is 2.26. The molecule has 1 aliphatic rings. The molecular weight excluding hydrogens is 222 g/mol. The molecule has 0 aromatic carbocycles. The molecule has 1 rings (SSSR count). The van der Waals surface area contributed by atoms with E-state index in [2.05, 4.69) is 38.2 Å². The van der Waals surface area contributed by atoms with Crippen molar-refractivity contribution in [3.8, 4) is 0 Å². The van der Waals surface area contributed by atoms with Crippen molar-refractivity contribution in [3.05, 3.63) is 23.3 Å². The van der Waals surface area contributed by atoms with Crippen molar-refractivity contribution in [2.45, 2.75) is 52.9 Å². The topological polar surface area (TPSA) is 32.3 Å². The second kappa shape index (κ2) is 7.75. The minimum absolute atomic E-state index is 0.198. The van der Waals surface area contributed by atoms with E-state index in [1.807, 2.05) is 0 Å². The van der Waals surface area contributed by atoms with Gasteiger partial charge in [-0.3, -0.25) is 0 Å². The molecule has 2 N–H and O–H groups in total. The van der Waals surface area contributed by atoms with E-state index in [9.17, 15) is 5.11 Å². The van der Waals surface area contributed by atoms with Crippen LogP contribution in [0.1, 0.15) is 52.9 Å². The number of rotatable bonds is 8. The summed E-state index contributed by atoms with van der Waals surface area (Å²) in [5, 5.41) is 12.8. The van der Waals surface area contributed by atoms with Gasteiger partial charge in [-0.2, -0.15) is 0 Å². The molecule has 0 aromatic rings. The maximum atomic E-state index is 9.35. The van der Waals surface area contributed by atoms with E-state index in [0.717, 1.165) is 25.9 Å². The van der Waals surface area contributed by atoms with Crippen molar-refractivity contribution in [1.29, 1.82) is 0 Å². The molecule has 0 saturated heterocycles. The summed E-state index contributed by atoms with van der Waals surface area (Å²) >= 11 is 0. The Morgan fingerprint density at radius 1 is 1.22 bits per heavy atom. The Morgan fingerprint density at radius 2 is 1.94 bits per heavy atom. The zero-order valence-electron chi connectivity index (χ0n) is 12.3. The average molecular weight is 251 g/mol. The van der Waals surface area contributed by atoms with Crippen LogP contribution in [-0.2, 0) is 0 Å². The van der Waals surface area contributed by atoms with E-state index in [4.69, 9.17) is 0 Å². The summed E-state index contributed by atoms with van der Waals surface area (Å²) in [6.07, 6.45) is 10.5. The third-order valence-corrected chi connectivity index (χ3v) is 3.94. The van der Waals surface area contributed by atoms with Gasteiger partial charge in [-0.15, -0.1) is 0 Å². The summed E-state index contributed by atoms with van der Waals surface area (Å²) < 4.78 is 0. The highest BCUT2D eigenvalue weighted by Crippen LogP contribution is 2.39. The normalized spacial score (nSPS) is 18.3. The van der Waals surface area contributed by atoms with Gasteiger partial charge in [0.1, 0.15) is 0 Å². The molecule has 0 aliphatic heterocycles. The summed E-state index contributed by atoms with van der Waals surface area (Å²) in [6, 6.07) is 0. The fraction of sp³-hybridized carbons (Fsp3) is 0.750. The number of nitrogens with one attached hydrogen (secondary N) is 1. The number of allylic oxidation sites excluding steroid dienone is 3. The first-order valence-corrected chi connectivity index (χ1v) is 7.18. The summed E-state index contributed by atoms with van der Waals surface area (Å²) in [5.41, 5.74) is 3.05. The maximum absolute atomic E-state index is 9.35. The lowest BCUT2D eigenvalue weighted by atomic mass is 9.69. The second-order valence-electron chi connectivity index (χ2n) is 6.01. The minimum atomic E-state index is 0.198. The van der Waals surface area contributed by atoms with Gasteiger partial charge in [0.25, 0.3) is 0 Å². The summed E-state index contributed by atoms with van der Waals surface area (Å²) in [6.45, 7) is 8.72. The van der Waals surface area contributed by atoms with Crippen molar-refractivity contribution >= 4 is 0 Å². The SMILES string of the molecule is CC(C)=CCC/C(C)=C/CNCC1(CO)CCC1. The molecule has 2 nitrogen and oxygen atoms in total. The Bertz CT molecular complexity index is 291. The first kappa shape index (κ1) is 15.5. The van der Waals surface area contributed by atoms with Crippen molar-refractivity contribution < 1.29 is 5.11 Å². The van der Waals surface area contributed by atoms with Crippen LogP contribution >= 0.6 is 0 Å². The molecule has 0 atom stereocenters. The molecule has 104 valence electrons. The number of hydrogen-bond donors (Lipinski definition) is 2. The third-order valence-electron chi connectivity index (χ3n) is 3.94. The van der Waals surface area contributed by atoms with Crippen molar-refractivity contribution in [2.24, 2.45) is 5.41 Å². The van der Waals surface area contributed by atoms with E-state index >= 15 is 0 Å². The van der Waals surface area contributed by atoms with Crippen LogP contribution in [0, 0.1) is 5.41 Å². The molecule has 0 spiro atoms. The summed E-state index contributed by atoms with van der Waals surface area (Å²) in [7, 11) is 0. The molecule has 0 bridgehead atoms. The molecule has 0 radical (unpaired) electrons. The first-order chi connectivity index (χ1) is 8.58. The predicted octanol–water partition coefficient (Wildman–Crippen LogP) is 3.43. The molecule has 18 heavy (non-hydrogen) atoms. The Labute approximate surface area is 112 Å². The fourth-order valence-corrected chi connectivity index (χ4v) is 2.34. The standard InChI is InChI=1S/C16H29NO/c1-14(2)6-4-7-15(3)8-11-17-12-16(13-18)9-5-10-16/h6,8,17-18H,4-5,7,9-13H2,1-3H3/b15-8+. The maximum Gasteiger partial charge on any atom is 0.0499 e. The van der Waals surface area contributed by atoms with Crippen LogP contribution in [0.3, 0.4) is 0 Å². The van der Waals surface area contributed by atoms with Gasteiger partial charge < -0.3 is 10.4 Å². The fourth-order valence-electron chi connectivity index (χ4n) is 2.34. The molecule has 0 amide bonds. The van der Waals surface area contributed by atoms with Crippen LogP contribution in [0.4, 0.5) is 0 Å². The van der Waals surface area contributed by atoms with Crippen molar-refractivity contribution in [2.75, 3.05) is 19.7 Å². The van der Waals surface area contributed by atoms with Crippen LogP contribution in [0.25, 0.3) is 0 Å². The minimum Gasteiger partial charge on any atom is -0.396 e. The van der Waals surface area contributed by atoms with E-state index in [1.54, 1.807) is 0 Å². The molecular formula is C16H29NO. The zero-order valence-corrected chi connectivity index (χ0v) is 12.3. The summed E-state index contributed by atoms with van der Waals surface area (Å²) in [4.78, 5) is 0. The largest absolute Gasteiger partial charge is 0.396 e. The van der Waals surface area contributed by atoms with Crippen LogP contribution in [-0.4, -0.2) is 24.8 Å². The van der Waals surface area contributed by atoms with Gasteiger partial charge in [-0.05, 0) is 46.5 Å². The van der Waals surface area contributed by atoms with Crippen LogP contribution in [0.5, 0.6) is 0 Å². The summed E-state index contributed by atoms with van der Waals surface area (Å²) in [5.74, 6) is 0. The predicted molar refractivity (Wildman–Crippen MR) is 78.7 cm³/mol. The Balaban J connectivity index is 2.13. The lowest BCUT2D eigenvalue weighted by Gasteiger charge is -2.40. The Kier molecular flexibility index (Phi) is 6.66. The second-order valence-corrected chi connectivity index (χ2v) is 6.01. The van der Waals surface area contributed by atoms with Gasteiger partial charge in [0.2, 0.25) is 0 Å². The monoisotopic (exact) mass is 251 g/mol. The van der Waals surface area contributed by atoms with Gasteiger partial charge in [0.15, 0.2) is 0 Å². The van der Waals surface area contributed by atoms with Crippen LogP contribution < -0.4 is 5.32 Å². The van der Waals surface area contributed by atoms with E-state index in [0.29, 0.717) is 6.61 Å². The third kappa shape index (κ3) is 5.36. The van der Waals surface area contributed by atoms with Gasteiger partial charge >= 0.3 is 0 Å². The van der Waals surface area contributed by atoms with Gasteiger partial charge in [0.05, 0.1) is 0 Å². The lowest BCUT2D eigenvalue weighted by molar-refractivity contribution is 0.0457. The van der Waals surface area contributed by atoms with E-state index < -0.39 is 0 Å². The highest BCUT2D eigenvalue weighted by Gasteiger charge is 2.35. The van der Waals surface area contributed by atoms with Gasteiger partial charge in [-0.25, -0.2) is 0 Å². The van der Waals surface area contributed by atoms with E-state index in [1.165, 1.54) is 30.4 Å². The molecule has 1 aliphatic carbocycles. The molecule has 0 aromatic heterocycles.